The first-order valence-corrected chi connectivity index (χ1v) is 6.77. The maximum absolute atomic E-state index is 13.0. The lowest BCUT2D eigenvalue weighted by Gasteiger charge is -2.29. The highest BCUT2D eigenvalue weighted by Gasteiger charge is 2.24. The number of hydrogen-bond donors (Lipinski definition) is 0. The first-order chi connectivity index (χ1) is 7.13. The van der Waals surface area contributed by atoms with Gasteiger partial charge in [-0.3, -0.25) is 0 Å². The molecule has 0 saturated heterocycles. The summed E-state index contributed by atoms with van der Waals surface area (Å²) in [6.07, 6.45) is 7.39. The maximum Gasteiger partial charge on any atom is 0.100 e. The van der Waals surface area contributed by atoms with Crippen molar-refractivity contribution in [1.82, 2.24) is 0 Å². The van der Waals surface area contributed by atoms with Crippen LogP contribution in [-0.4, -0.2) is 6.17 Å². The van der Waals surface area contributed by atoms with Gasteiger partial charge in [-0.1, -0.05) is 40.0 Å². The second-order valence-electron chi connectivity index (χ2n) is 5.58. The molecule has 1 heteroatoms. The molecule has 0 heterocycles. The Labute approximate surface area is 94.6 Å². The fourth-order valence-electron chi connectivity index (χ4n) is 2.63. The van der Waals surface area contributed by atoms with Gasteiger partial charge in [0, 0.05) is 0 Å². The number of hydrogen-bond acceptors (Lipinski definition) is 0. The Kier molecular flexibility index (Phi) is 5.63. The van der Waals surface area contributed by atoms with E-state index >= 15 is 0 Å². The zero-order valence-electron chi connectivity index (χ0n) is 10.6. The highest BCUT2D eigenvalue weighted by atomic mass is 19.1. The summed E-state index contributed by atoms with van der Waals surface area (Å²) in [6.45, 7) is 6.97. The first kappa shape index (κ1) is 13.0. The van der Waals surface area contributed by atoms with Crippen LogP contribution in [0.5, 0.6) is 0 Å². The monoisotopic (exact) mass is 214 g/mol. The number of halogens is 1. The molecule has 2 unspecified atom stereocenters. The molecule has 0 aromatic heterocycles. The van der Waals surface area contributed by atoms with E-state index in [0.717, 1.165) is 43.4 Å². The molecule has 2 atom stereocenters. The van der Waals surface area contributed by atoms with Crippen LogP contribution in [0.2, 0.25) is 0 Å². The molecule has 1 aliphatic carbocycles. The van der Waals surface area contributed by atoms with Crippen molar-refractivity contribution in [2.45, 2.75) is 71.9 Å². The molecule has 90 valence electrons. The summed E-state index contributed by atoms with van der Waals surface area (Å²) in [4.78, 5) is 0. The highest BCUT2D eigenvalue weighted by Crippen LogP contribution is 2.34. The molecule has 0 aromatic rings. The number of alkyl halides is 1. The first-order valence-electron chi connectivity index (χ1n) is 6.77. The van der Waals surface area contributed by atoms with Crippen molar-refractivity contribution >= 4 is 0 Å². The molecule has 1 fully saturated rings. The third kappa shape index (κ3) is 4.53. The van der Waals surface area contributed by atoms with Crippen molar-refractivity contribution in [1.29, 1.82) is 0 Å². The van der Waals surface area contributed by atoms with Gasteiger partial charge in [-0.25, -0.2) is 4.39 Å². The molecule has 15 heavy (non-hydrogen) atoms. The van der Waals surface area contributed by atoms with Gasteiger partial charge in [-0.2, -0.15) is 0 Å². The van der Waals surface area contributed by atoms with E-state index in [1.165, 1.54) is 19.3 Å². The topological polar surface area (TPSA) is 0 Å². The van der Waals surface area contributed by atoms with E-state index < -0.39 is 6.17 Å². The van der Waals surface area contributed by atoms with Crippen LogP contribution in [0, 0.1) is 17.8 Å². The Bertz CT molecular complexity index is 159. The molecular formula is C14H27F. The van der Waals surface area contributed by atoms with Crippen LogP contribution in [0.25, 0.3) is 0 Å². The maximum atomic E-state index is 13.0. The van der Waals surface area contributed by atoms with Crippen molar-refractivity contribution in [2.24, 2.45) is 17.8 Å². The summed E-state index contributed by atoms with van der Waals surface area (Å²) < 4.78 is 13.0. The number of rotatable bonds is 5. The van der Waals surface area contributed by atoms with E-state index in [4.69, 9.17) is 0 Å². The lowest BCUT2D eigenvalue weighted by atomic mass is 9.77. The molecule has 0 spiro atoms. The van der Waals surface area contributed by atoms with Gasteiger partial charge in [0.15, 0.2) is 0 Å². The van der Waals surface area contributed by atoms with E-state index in [-0.39, 0.29) is 0 Å². The van der Waals surface area contributed by atoms with Crippen LogP contribution in [-0.2, 0) is 0 Å². The minimum Gasteiger partial charge on any atom is -0.247 e. The second kappa shape index (κ2) is 6.50. The Morgan fingerprint density at radius 3 is 2.20 bits per heavy atom. The predicted molar refractivity (Wildman–Crippen MR) is 64.7 cm³/mol. The highest BCUT2D eigenvalue weighted by molar-refractivity contribution is 4.76. The third-order valence-corrected chi connectivity index (χ3v) is 4.32. The zero-order valence-corrected chi connectivity index (χ0v) is 10.6. The molecule has 0 bridgehead atoms. The molecule has 1 rings (SSSR count). The molecule has 0 aliphatic heterocycles. The Balaban J connectivity index is 2.19. The van der Waals surface area contributed by atoms with Gasteiger partial charge in [-0.15, -0.1) is 0 Å². The minimum atomic E-state index is -0.497. The van der Waals surface area contributed by atoms with Crippen molar-refractivity contribution in [3.8, 4) is 0 Å². The van der Waals surface area contributed by atoms with Gasteiger partial charge in [0.05, 0.1) is 0 Å². The molecule has 0 radical (unpaired) electrons. The Morgan fingerprint density at radius 2 is 1.67 bits per heavy atom. The molecule has 0 amide bonds. The van der Waals surface area contributed by atoms with Crippen LogP contribution in [0.15, 0.2) is 0 Å². The fraction of sp³-hybridized carbons (Fsp3) is 1.00. The average molecular weight is 214 g/mol. The van der Waals surface area contributed by atoms with Crippen LogP contribution >= 0.6 is 0 Å². The lowest BCUT2D eigenvalue weighted by Crippen LogP contribution is -2.21. The lowest BCUT2D eigenvalue weighted by molar-refractivity contribution is 0.164. The van der Waals surface area contributed by atoms with Crippen molar-refractivity contribution in [3.63, 3.8) is 0 Å². The van der Waals surface area contributed by atoms with Gasteiger partial charge in [0.1, 0.15) is 6.17 Å². The second-order valence-corrected chi connectivity index (χ2v) is 5.58. The van der Waals surface area contributed by atoms with Gasteiger partial charge < -0.3 is 0 Å². The van der Waals surface area contributed by atoms with E-state index in [9.17, 15) is 4.39 Å². The van der Waals surface area contributed by atoms with Gasteiger partial charge in [0.2, 0.25) is 0 Å². The fourth-order valence-corrected chi connectivity index (χ4v) is 2.63. The largest absolute Gasteiger partial charge is 0.247 e. The van der Waals surface area contributed by atoms with Crippen LogP contribution in [0.4, 0.5) is 4.39 Å². The Morgan fingerprint density at radius 1 is 1.07 bits per heavy atom. The Hall–Kier alpha value is -0.0700. The molecule has 1 saturated carbocycles. The van der Waals surface area contributed by atoms with Crippen molar-refractivity contribution in [2.75, 3.05) is 0 Å². The van der Waals surface area contributed by atoms with E-state index in [0.29, 0.717) is 0 Å². The predicted octanol–water partition coefficient (Wildman–Crippen LogP) is 4.98. The van der Waals surface area contributed by atoms with Gasteiger partial charge in [-0.05, 0) is 43.4 Å². The summed E-state index contributed by atoms with van der Waals surface area (Å²) in [5.74, 6) is 2.48. The van der Waals surface area contributed by atoms with Gasteiger partial charge in [0.25, 0.3) is 0 Å². The normalized spacial score (nSPS) is 31.2. The summed E-state index contributed by atoms with van der Waals surface area (Å²) >= 11 is 0. The molecule has 0 nitrogen and oxygen atoms in total. The average Bonchev–Trinajstić information content (AvgIpc) is 2.26. The van der Waals surface area contributed by atoms with Crippen LogP contribution < -0.4 is 0 Å². The summed E-state index contributed by atoms with van der Waals surface area (Å²) in [5, 5.41) is 0. The van der Waals surface area contributed by atoms with Gasteiger partial charge >= 0.3 is 0 Å². The summed E-state index contributed by atoms with van der Waals surface area (Å²) in [6, 6.07) is 0. The zero-order chi connectivity index (χ0) is 11.3. The summed E-state index contributed by atoms with van der Waals surface area (Å²) in [5.41, 5.74) is 0. The van der Waals surface area contributed by atoms with Crippen molar-refractivity contribution in [3.05, 3.63) is 0 Å². The molecule has 0 aromatic carbocycles. The van der Waals surface area contributed by atoms with E-state index in [2.05, 4.69) is 20.8 Å². The minimum absolute atomic E-state index is 0.497. The van der Waals surface area contributed by atoms with Crippen LogP contribution in [0.1, 0.15) is 65.7 Å². The smallest absolute Gasteiger partial charge is 0.100 e. The molecule has 1 aliphatic rings. The standard InChI is InChI=1S/C14H27F/c1-4-11(2)5-6-12(3)13-7-9-14(15)10-8-13/h11-14H,4-10H2,1-3H3. The van der Waals surface area contributed by atoms with Crippen molar-refractivity contribution < 1.29 is 4.39 Å². The van der Waals surface area contributed by atoms with Crippen LogP contribution in [0.3, 0.4) is 0 Å². The van der Waals surface area contributed by atoms with E-state index in [1.807, 2.05) is 0 Å². The summed E-state index contributed by atoms with van der Waals surface area (Å²) in [7, 11) is 0. The molecule has 0 N–H and O–H groups in total. The third-order valence-electron chi connectivity index (χ3n) is 4.32. The SMILES string of the molecule is CCC(C)CCC(C)C1CCC(F)CC1. The molecular weight excluding hydrogens is 187 g/mol. The quantitative estimate of drug-likeness (QED) is 0.605. The van der Waals surface area contributed by atoms with E-state index in [1.54, 1.807) is 0 Å².